The van der Waals surface area contributed by atoms with E-state index in [2.05, 4.69) is 20.8 Å². The molecule has 0 aliphatic rings. The molecule has 3 atom stereocenters. The van der Waals surface area contributed by atoms with Crippen LogP contribution in [0.25, 0.3) is 10.1 Å². The normalized spacial score (nSPS) is 16.4. The zero-order chi connectivity index (χ0) is 25.5. The van der Waals surface area contributed by atoms with Gasteiger partial charge in [-0.2, -0.15) is 0 Å². The van der Waals surface area contributed by atoms with Gasteiger partial charge in [-0.05, 0) is 65.3 Å². The second-order valence-corrected chi connectivity index (χ2v) is 14.4. The summed E-state index contributed by atoms with van der Waals surface area (Å²) in [7, 11) is -4.24. The van der Waals surface area contributed by atoms with Crippen LogP contribution in [0.3, 0.4) is 0 Å². The number of hydrogen-bond acceptors (Lipinski definition) is 3. The van der Waals surface area contributed by atoms with Crippen LogP contribution < -0.4 is 0 Å². The first-order valence-corrected chi connectivity index (χ1v) is 14.0. The van der Waals surface area contributed by atoms with E-state index in [0.717, 1.165) is 32.7 Å². The average Bonchev–Trinajstić information content (AvgIpc) is 3.03. The Kier molecular flexibility index (Phi) is 7.79. The largest absolute Gasteiger partial charge is 0.336 e. The molecule has 1 aromatic heterocycles. The quantitative estimate of drug-likeness (QED) is 0.324. The van der Waals surface area contributed by atoms with Crippen LogP contribution >= 0.6 is 18.9 Å². The van der Waals surface area contributed by atoms with Gasteiger partial charge >= 0.3 is 7.60 Å². The highest BCUT2D eigenvalue weighted by atomic mass is 32.1. The summed E-state index contributed by atoms with van der Waals surface area (Å²) in [4.78, 5) is 12.2. The molecule has 3 nitrogen and oxygen atoms in total. The van der Waals surface area contributed by atoms with Gasteiger partial charge in [0.25, 0.3) is 0 Å². The Hall–Kier alpha value is -1.59. The van der Waals surface area contributed by atoms with E-state index in [1.165, 1.54) is 17.4 Å². The van der Waals surface area contributed by atoms with Crippen LogP contribution in [0.4, 0.5) is 8.78 Å². The number of halogens is 2. The van der Waals surface area contributed by atoms with E-state index in [0.29, 0.717) is 12.0 Å². The molecule has 3 unspecified atom stereocenters. The topological polar surface area (TPSA) is 46.5 Å². The minimum Gasteiger partial charge on any atom is -0.324 e. The number of benzene rings is 2. The van der Waals surface area contributed by atoms with Gasteiger partial charge in [-0.1, -0.05) is 65.8 Å². The van der Waals surface area contributed by atoms with Crippen LogP contribution in [-0.2, 0) is 15.5 Å². The molecule has 34 heavy (non-hydrogen) atoms. The molecule has 7 heteroatoms. The lowest BCUT2D eigenvalue weighted by Crippen LogP contribution is -2.33. The van der Waals surface area contributed by atoms with Crippen LogP contribution in [0.15, 0.2) is 42.5 Å². The van der Waals surface area contributed by atoms with E-state index in [-0.39, 0.29) is 17.3 Å². The molecule has 3 rings (SSSR count). The highest BCUT2D eigenvalue weighted by Gasteiger charge is 2.42. The third-order valence-corrected chi connectivity index (χ3v) is 9.38. The van der Waals surface area contributed by atoms with Crippen LogP contribution in [0.2, 0.25) is 0 Å². The SMILES string of the molecule is Cc1c(C(Cc2ccc(F)c(F)c2)P(=O)(O)OC(CC(C)(C)C)C(C)(C)C)sc2ccccc12. The fourth-order valence-corrected chi connectivity index (χ4v) is 7.66. The summed E-state index contributed by atoms with van der Waals surface area (Å²) in [6.45, 7) is 14.2. The van der Waals surface area contributed by atoms with E-state index in [1.807, 2.05) is 52.0 Å². The number of fused-ring (bicyclic) bond motifs is 1. The number of aryl methyl sites for hydroxylation is 1. The third kappa shape index (κ3) is 6.34. The summed E-state index contributed by atoms with van der Waals surface area (Å²) in [6, 6.07) is 11.4. The first-order chi connectivity index (χ1) is 15.6. The smallest absolute Gasteiger partial charge is 0.324 e. The average molecular weight is 509 g/mol. The third-order valence-electron chi connectivity index (χ3n) is 6.03. The molecule has 0 spiro atoms. The molecule has 186 valence electrons. The van der Waals surface area contributed by atoms with Gasteiger partial charge in [-0.3, -0.25) is 4.57 Å². The van der Waals surface area contributed by atoms with E-state index in [9.17, 15) is 18.2 Å². The first-order valence-electron chi connectivity index (χ1n) is 11.5. The van der Waals surface area contributed by atoms with Crippen molar-refractivity contribution in [2.45, 2.75) is 73.1 Å². The molecule has 0 amide bonds. The molecule has 0 aliphatic carbocycles. The summed E-state index contributed by atoms with van der Waals surface area (Å²) < 4.78 is 48.7. The van der Waals surface area contributed by atoms with E-state index >= 15 is 0 Å². The molecule has 0 aliphatic heterocycles. The highest BCUT2D eigenvalue weighted by Crippen LogP contribution is 2.62. The van der Waals surface area contributed by atoms with Gasteiger partial charge in [0.2, 0.25) is 0 Å². The van der Waals surface area contributed by atoms with E-state index in [4.69, 9.17) is 4.52 Å². The first kappa shape index (κ1) is 27.0. The van der Waals surface area contributed by atoms with Crippen molar-refractivity contribution in [1.82, 2.24) is 0 Å². The lowest BCUT2D eigenvalue weighted by molar-refractivity contribution is 0.0383. The Labute approximate surface area is 205 Å². The molecule has 2 aromatic carbocycles. The Morgan fingerprint density at radius 3 is 2.24 bits per heavy atom. The predicted molar refractivity (Wildman–Crippen MR) is 138 cm³/mol. The lowest BCUT2D eigenvalue weighted by atomic mass is 9.79. The fourth-order valence-electron chi connectivity index (χ4n) is 4.07. The van der Waals surface area contributed by atoms with Crippen LogP contribution in [-0.4, -0.2) is 11.0 Å². The Balaban J connectivity index is 2.09. The Morgan fingerprint density at radius 1 is 1.03 bits per heavy atom. The van der Waals surface area contributed by atoms with Gasteiger partial charge in [0, 0.05) is 9.58 Å². The Bertz CT molecular complexity index is 1210. The molecule has 1 heterocycles. The number of rotatable bonds is 7. The van der Waals surface area contributed by atoms with Gasteiger partial charge < -0.3 is 9.42 Å². The second kappa shape index (κ2) is 9.81. The maximum atomic E-state index is 14.0. The Morgan fingerprint density at radius 2 is 1.68 bits per heavy atom. The molecule has 0 radical (unpaired) electrons. The summed E-state index contributed by atoms with van der Waals surface area (Å²) >= 11 is 1.45. The maximum absolute atomic E-state index is 14.0. The highest BCUT2D eigenvalue weighted by molar-refractivity contribution is 7.53. The van der Waals surface area contributed by atoms with Gasteiger partial charge in [0.15, 0.2) is 11.6 Å². The van der Waals surface area contributed by atoms with Crippen molar-refractivity contribution in [2.75, 3.05) is 0 Å². The standard InChI is InChI=1S/C27H35F2O3PS/c1-17-19-10-8-9-11-23(19)34-25(17)22(15-18-12-13-20(28)21(29)14-18)33(30,31)32-24(27(5,6)7)16-26(2,3)4/h8-14,22,24H,15-16H2,1-7H3,(H,30,31). The lowest BCUT2D eigenvalue weighted by Gasteiger charge is -2.37. The zero-order valence-corrected chi connectivity index (χ0v) is 22.7. The van der Waals surface area contributed by atoms with Crippen LogP contribution in [0.5, 0.6) is 0 Å². The summed E-state index contributed by atoms with van der Waals surface area (Å²) in [5, 5.41) is 1.01. The minimum absolute atomic E-state index is 0.0605. The van der Waals surface area contributed by atoms with Crippen LogP contribution in [0, 0.1) is 29.4 Å². The fraction of sp³-hybridized carbons (Fsp3) is 0.481. The molecule has 0 fully saturated rings. The van der Waals surface area contributed by atoms with Crippen molar-refractivity contribution in [1.29, 1.82) is 0 Å². The van der Waals surface area contributed by atoms with E-state index in [1.54, 1.807) is 0 Å². The van der Waals surface area contributed by atoms with Crippen molar-refractivity contribution < 1.29 is 22.8 Å². The van der Waals surface area contributed by atoms with Gasteiger partial charge in [-0.25, -0.2) is 8.78 Å². The minimum atomic E-state index is -4.24. The van der Waals surface area contributed by atoms with Crippen molar-refractivity contribution >= 4 is 29.0 Å². The predicted octanol–water partition coefficient (Wildman–Crippen LogP) is 8.82. The molecule has 0 bridgehead atoms. The summed E-state index contributed by atoms with van der Waals surface area (Å²) in [5.74, 6) is -1.92. The summed E-state index contributed by atoms with van der Waals surface area (Å²) in [6.07, 6.45) is 0.195. The molecule has 1 N–H and O–H groups in total. The number of hydrogen-bond donors (Lipinski definition) is 1. The monoisotopic (exact) mass is 508 g/mol. The number of thiophene rings is 1. The van der Waals surface area contributed by atoms with Crippen molar-refractivity contribution in [2.24, 2.45) is 10.8 Å². The molecule has 0 saturated carbocycles. The van der Waals surface area contributed by atoms with Crippen molar-refractivity contribution in [3.8, 4) is 0 Å². The molecule has 0 saturated heterocycles. The van der Waals surface area contributed by atoms with Crippen molar-refractivity contribution in [3.63, 3.8) is 0 Å². The maximum Gasteiger partial charge on any atom is 0.336 e. The summed E-state index contributed by atoms with van der Waals surface area (Å²) in [5.41, 5.74) is -0.0235. The van der Waals surface area contributed by atoms with Crippen molar-refractivity contribution in [3.05, 3.63) is 70.1 Å². The zero-order valence-electron chi connectivity index (χ0n) is 21.0. The molecule has 3 aromatic rings. The molecular formula is C27H35F2O3PS. The van der Waals surface area contributed by atoms with Crippen LogP contribution in [0.1, 0.15) is 69.6 Å². The second-order valence-electron chi connectivity index (χ2n) is 11.3. The van der Waals surface area contributed by atoms with Gasteiger partial charge in [-0.15, -0.1) is 11.3 Å². The van der Waals surface area contributed by atoms with Gasteiger partial charge in [0.1, 0.15) is 0 Å². The molecular weight excluding hydrogens is 473 g/mol. The van der Waals surface area contributed by atoms with Gasteiger partial charge in [0.05, 0.1) is 11.8 Å². The van der Waals surface area contributed by atoms with E-state index < -0.39 is 31.0 Å².